The van der Waals surface area contributed by atoms with Gasteiger partial charge in [0.05, 0.1) is 0 Å². The number of amides is 2. The molecule has 0 fully saturated rings. The summed E-state index contributed by atoms with van der Waals surface area (Å²) in [6, 6.07) is -0.489. The summed E-state index contributed by atoms with van der Waals surface area (Å²) in [4.78, 5) is 23.5. The highest BCUT2D eigenvalue weighted by atomic mass is 16.2. The lowest BCUT2D eigenvalue weighted by Crippen LogP contribution is -2.45. The van der Waals surface area contributed by atoms with Crippen molar-refractivity contribution >= 4 is 11.8 Å². The molecule has 2 atom stereocenters. The van der Waals surface area contributed by atoms with Gasteiger partial charge in [0, 0.05) is 13.0 Å². The third-order valence-corrected chi connectivity index (χ3v) is 2.93. The molecule has 5 heteroatoms. The highest BCUT2D eigenvalue weighted by Crippen LogP contribution is 2.14. The maximum absolute atomic E-state index is 11.8. The van der Waals surface area contributed by atoms with Crippen molar-refractivity contribution in [1.29, 1.82) is 0 Å². The van der Waals surface area contributed by atoms with Crippen molar-refractivity contribution in [3.05, 3.63) is 0 Å². The average molecular weight is 271 g/mol. The maximum atomic E-state index is 11.8. The lowest BCUT2D eigenvalue weighted by atomic mass is 9.94. The zero-order valence-electron chi connectivity index (χ0n) is 12.7. The van der Waals surface area contributed by atoms with Crippen molar-refractivity contribution in [2.24, 2.45) is 17.6 Å². The van der Waals surface area contributed by atoms with E-state index in [1.54, 1.807) is 6.92 Å². The predicted molar refractivity (Wildman–Crippen MR) is 77.5 cm³/mol. The molecule has 0 aromatic carbocycles. The van der Waals surface area contributed by atoms with Crippen molar-refractivity contribution in [2.45, 2.75) is 53.0 Å². The van der Waals surface area contributed by atoms with Gasteiger partial charge in [-0.05, 0) is 38.1 Å². The third kappa shape index (κ3) is 8.59. The second-order valence-electron chi connectivity index (χ2n) is 5.52. The van der Waals surface area contributed by atoms with Crippen LogP contribution >= 0.6 is 0 Å². The number of hydrogen-bond acceptors (Lipinski definition) is 3. The molecule has 0 aliphatic heterocycles. The SMILES string of the molecule is CCCNC(=O)C(C)NC(=O)CC(CN)CC(C)C. The van der Waals surface area contributed by atoms with Crippen molar-refractivity contribution in [1.82, 2.24) is 10.6 Å². The Morgan fingerprint density at radius 1 is 1.21 bits per heavy atom. The molecule has 0 rings (SSSR count). The van der Waals surface area contributed by atoms with E-state index in [4.69, 9.17) is 5.73 Å². The first-order chi connectivity index (χ1) is 8.90. The standard InChI is InChI=1S/C14H29N3O2/c1-5-6-16-14(19)11(4)17-13(18)8-12(9-15)7-10(2)3/h10-12H,5-9,15H2,1-4H3,(H,16,19)(H,17,18). The molecule has 0 radical (unpaired) electrons. The average Bonchev–Trinajstić information content (AvgIpc) is 2.34. The fourth-order valence-corrected chi connectivity index (χ4v) is 1.96. The summed E-state index contributed by atoms with van der Waals surface area (Å²) < 4.78 is 0. The monoisotopic (exact) mass is 271 g/mol. The number of carbonyl (C=O) groups excluding carboxylic acids is 2. The summed E-state index contributed by atoms with van der Waals surface area (Å²) in [5, 5.41) is 5.48. The van der Waals surface area contributed by atoms with Gasteiger partial charge in [0.15, 0.2) is 0 Å². The number of hydrogen-bond donors (Lipinski definition) is 3. The van der Waals surface area contributed by atoms with Crippen LogP contribution in [0.25, 0.3) is 0 Å². The Bertz CT molecular complexity index is 280. The Morgan fingerprint density at radius 2 is 1.84 bits per heavy atom. The van der Waals surface area contributed by atoms with Gasteiger partial charge in [-0.15, -0.1) is 0 Å². The zero-order valence-corrected chi connectivity index (χ0v) is 12.7. The van der Waals surface area contributed by atoms with E-state index >= 15 is 0 Å². The van der Waals surface area contributed by atoms with Crippen LogP contribution in [0, 0.1) is 11.8 Å². The van der Waals surface area contributed by atoms with Crippen molar-refractivity contribution in [2.75, 3.05) is 13.1 Å². The van der Waals surface area contributed by atoms with Crippen LogP contribution in [-0.4, -0.2) is 30.9 Å². The molecule has 0 heterocycles. The molecular formula is C14H29N3O2. The minimum absolute atomic E-state index is 0.102. The zero-order chi connectivity index (χ0) is 14.8. The normalized spacial score (nSPS) is 14.0. The van der Waals surface area contributed by atoms with Crippen molar-refractivity contribution < 1.29 is 9.59 Å². The van der Waals surface area contributed by atoms with Crippen molar-refractivity contribution in [3.8, 4) is 0 Å². The van der Waals surface area contributed by atoms with E-state index in [0.717, 1.165) is 12.8 Å². The molecule has 112 valence electrons. The van der Waals surface area contributed by atoms with Gasteiger partial charge in [0.1, 0.15) is 6.04 Å². The van der Waals surface area contributed by atoms with Crippen LogP contribution in [0.5, 0.6) is 0 Å². The molecule has 0 saturated heterocycles. The molecule has 0 saturated carbocycles. The maximum Gasteiger partial charge on any atom is 0.242 e. The first-order valence-corrected chi connectivity index (χ1v) is 7.17. The summed E-state index contributed by atoms with van der Waals surface area (Å²) in [7, 11) is 0. The molecule has 5 nitrogen and oxygen atoms in total. The summed E-state index contributed by atoms with van der Waals surface area (Å²) >= 11 is 0. The molecule has 2 unspecified atom stereocenters. The minimum atomic E-state index is -0.489. The molecule has 0 aromatic heterocycles. The molecular weight excluding hydrogens is 242 g/mol. The molecule has 0 aliphatic carbocycles. The van der Waals surface area contributed by atoms with Crippen LogP contribution < -0.4 is 16.4 Å². The van der Waals surface area contributed by atoms with E-state index in [1.807, 2.05) is 6.92 Å². The van der Waals surface area contributed by atoms with E-state index in [2.05, 4.69) is 24.5 Å². The van der Waals surface area contributed by atoms with E-state index in [9.17, 15) is 9.59 Å². The van der Waals surface area contributed by atoms with Crippen LogP contribution in [0.2, 0.25) is 0 Å². The fourth-order valence-electron chi connectivity index (χ4n) is 1.96. The number of carbonyl (C=O) groups is 2. The van der Waals surface area contributed by atoms with Gasteiger partial charge >= 0.3 is 0 Å². The largest absolute Gasteiger partial charge is 0.354 e. The van der Waals surface area contributed by atoms with Crippen LogP contribution in [-0.2, 0) is 9.59 Å². The molecule has 0 bridgehead atoms. The molecule has 0 aliphatic rings. The van der Waals surface area contributed by atoms with Gasteiger partial charge in [0.25, 0.3) is 0 Å². The Hall–Kier alpha value is -1.10. The predicted octanol–water partition coefficient (Wildman–Crippen LogP) is 1.03. The van der Waals surface area contributed by atoms with Gasteiger partial charge in [-0.3, -0.25) is 9.59 Å². The van der Waals surface area contributed by atoms with Crippen molar-refractivity contribution in [3.63, 3.8) is 0 Å². The van der Waals surface area contributed by atoms with Crippen LogP contribution in [0.15, 0.2) is 0 Å². The van der Waals surface area contributed by atoms with Crippen LogP contribution in [0.3, 0.4) is 0 Å². The van der Waals surface area contributed by atoms with E-state index in [0.29, 0.717) is 25.4 Å². The Balaban J connectivity index is 4.10. The lowest BCUT2D eigenvalue weighted by molar-refractivity contribution is -0.129. The Kier molecular flexibility index (Phi) is 9.21. The van der Waals surface area contributed by atoms with Gasteiger partial charge in [0.2, 0.25) is 11.8 Å². The van der Waals surface area contributed by atoms with E-state index < -0.39 is 6.04 Å². The first-order valence-electron chi connectivity index (χ1n) is 7.17. The van der Waals surface area contributed by atoms with Crippen LogP contribution in [0.4, 0.5) is 0 Å². The molecule has 19 heavy (non-hydrogen) atoms. The Labute approximate surface area is 116 Å². The van der Waals surface area contributed by atoms with Crippen LogP contribution in [0.1, 0.15) is 47.0 Å². The van der Waals surface area contributed by atoms with Gasteiger partial charge < -0.3 is 16.4 Å². The number of rotatable bonds is 9. The van der Waals surface area contributed by atoms with Gasteiger partial charge in [-0.2, -0.15) is 0 Å². The summed E-state index contributed by atoms with van der Waals surface area (Å²) in [5.74, 6) is 0.469. The Morgan fingerprint density at radius 3 is 2.32 bits per heavy atom. The smallest absolute Gasteiger partial charge is 0.242 e. The summed E-state index contributed by atoms with van der Waals surface area (Å²) in [6.07, 6.45) is 2.20. The summed E-state index contributed by atoms with van der Waals surface area (Å²) in [5.41, 5.74) is 5.67. The topological polar surface area (TPSA) is 84.2 Å². The molecule has 4 N–H and O–H groups in total. The highest BCUT2D eigenvalue weighted by molar-refractivity contribution is 5.87. The quantitative estimate of drug-likeness (QED) is 0.585. The summed E-state index contributed by atoms with van der Waals surface area (Å²) in [6.45, 7) is 9.05. The second-order valence-corrected chi connectivity index (χ2v) is 5.52. The first kappa shape index (κ1) is 17.9. The lowest BCUT2D eigenvalue weighted by Gasteiger charge is -2.18. The highest BCUT2D eigenvalue weighted by Gasteiger charge is 2.18. The minimum Gasteiger partial charge on any atom is -0.354 e. The van der Waals surface area contributed by atoms with E-state index in [-0.39, 0.29) is 17.7 Å². The van der Waals surface area contributed by atoms with Gasteiger partial charge in [-0.25, -0.2) is 0 Å². The molecule has 0 aromatic rings. The third-order valence-electron chi connectivity index (χ3n) is 2.93. The number of nitrogens with one attached hydrogen (secondary N) is 2. The molecule has 2 amide bonds. The van der Waals surface area contributed by atoms with Gasteiger partial charge in [-0.1, -0.05) is 20.8 Å². The molecule has 0 spiro atoms. The van der Waals surface area contributed by atoms with E-state index in [1.165, 1.54) is 0 Å². The number of nitrogens with two attached hydrogens (primary N) is 1. The fraction of sp³-hybridized carbons (Fsp3) is 0.857. The second kappa shape index (κ2) is 9.78.